The second-order valence-corrected chi connectivity index (χ2v) is 5.13. The lowest BCUT2D eigenvalue weighted by Gasteiger charge is -2.04. The van der Waals surface area contributed by atoms with Gasteiger partial charge in [0.15, 0.2) is 0 Å². The highest BCUT2D eigenvalue weighted by molar-refractivity contribution is 5.98. The molecule has 0 radical (unpaired) electrons. The third-order valence-electron chi connectivity index (χ3n) is 3.50. The second-order valence-electron chi connectivity index (χ2n) is 5.13. The summed E-state index contributed by atoms with van der Waals surface area (Å²) < 4.78 is 11.6. The maximum atomic E-state index is 12.0. The zero-order chi connectivity index (χ0) is 17.5. The zero-order valence-corrected chi connectivity index (χ0v) is 13.9. The first kappa shape index (κ1) is 17.4. The molecule has 0 spiro atoms. The summed E-state index contributed by atoms with van der Waals surface area (Å²) >= 11 is 0. The number of carbonyl (C=O) groups is 1. The van der Waals surface area contributed by atoms with Gasteiger partial charge in [0.1, 0.15) is 18.2 Å². The number of esters is 1. The van der Waals surface area contributed by atoms with Crippen LogP contribution in [0.1, 0.15) is 17.0 Å². The van der Waals surface area contributed by atoms with E-state index in [-0.39, 0.29) is 18.8 Å². The Balaban J connectivity index is 2.33. The fourth-order valence-corrected chi connectivity index (χ4v) is 2.26. The Hall–Kier alpha value is -2.91. The van der Waals surface area contributed by atoms with E-state index in [1.165, 1.54) is 13.2 Å². The number of benzene rings is 1. The Morgan fingerprint density at radius 2 is 2.00 bits per heavy atom. The summed E-state index contributed by atoms with van der Waals surface area (Å²) in [4.78, 5) is 12.0. The van der Waals surface area contributed by atoms with Crippen LogP contribution in [0.25, 0.3) is 11.8 Å². The Morgan fingerprint density at radius 1 is 1.29 bits per heavy atom. The van der Waals surface area contributed by atoms with Crippen molar-refractivity contribution in [1.82, 2.24) is 9.78 Å². The first-order chi connectivity index (χ1) is 11.6. The largest absolute Gasteiger partial charge is 0.459 e. The van der Waals surface area contributed by atoms with E-state index < -0.39 is 5.97 Å². The van der Waals surface area contributed by atoms with E-state index in [1.54, 1.807) is 4.68 Å². The molecule has 124 valence electrons. The van der Waals surface area contributed by atoms with Crippen molar-refractivity contribution in [3.05, 3.63) is 52.9 Å². The lowest BCUT2D eigenvalue weighted by molar-refractivity contribution is -0.139. The van der Waals surface area contributed by atoms with E-state index in [1.807, 2.05) is 50.2 Å². The van der Waals surface area contributed by atoms with E-state index >= 15 is 0 Å². The predicted molar refractivity (Wildman–Crippen MR) is 89.5 cm³/mol. The van der Waals surface area contributed by atoms with Crippen molar-refractivity contribution >= 4 is 12.0 Å². The number of nitriles is 1. The molecule has 0 saturated heterocycles. The van der Waals surface area contributed by atoms with Gasteiger partial charge in [0.2, 0.25) is 0 Å². The molecule has 0 bridgehead atoms. The third-order valence-corrected chi connectivity index (χ3v) is 3.50. The SMILES string of the molecule is COCCOC(=O)/C(C#N)=C/c1c(C)nn(-c2ccccc2)c1C. The minimum absolute atomic E-state index is 0.0649. The number of hydrogen-bond acceptors (Lipinski definition) is 5. The normalized spacial score (nSPS) is 11.2. The van der Waals surface area contributed by atoms with Gasteiger partial charge < -0.3 is 9.47 Å². The molecule has 0 aliphatic heterocycles. The molecular formula is C18H19N3O3. The molecule has 2 aromatic rings. The molecule has 0 fully saturated rings. The highest BCUT2D eigenvalue weighted by Gasteiger charge is 2.16. The molecule has 0 atom stereocenters. The Labute approximate surface area is 140 Å². The summed E-state index contributed by atoms with van der Waals surface area (Å²) in [7, 11) is 1.51. The van der Waals surface area contributed by atoms with Gasteiger partial charge in [-0.05, 0) is 32.1 Å². The van der Waals surface area contributed by atoms with Crippen molar-refractivity contribution in [2.45, 2.75) is 13.8 Å². The molecule has 0 N–H and O–H groups in total. The summed E-state index contributed by atoms with van der Waals surface area (Å²) in [6, 6.07) is 11.6. The van der Waals surface area contributed by atoms with Gasteiger partial charge in [-0.15, -0.1) is 0 Å². The second kappa shape index (κ2) is 8.09. The summed E-state index contributed by atoms with van der Waals surface area (Å²) in [5.74, 6) is -0.666. The van der Waals surface area contributed by atoms with E-state index in [0.29, 0.717) is 0 Å². The van der Waals surface area contributed by atoms with Crippen molar-refractivity contribution in [3.8, 4) is 11.8 Å². The summed E-state index contributed by atoms with van der Waals surface area (Å²) in [6.45, 7) is 4.12. The molecule has 1 aromatic carbocycles. The Bertz CT molecular complexity index is 786. The number of methoxy groups -OCH3 is 1. The molecule has 6 nitrogen and oxygen atoms in total. The van der Waals surface area contributed by atoms with Crippen molar-refractivity contribution in [1.29, 1.82) is 5.26 Å². The van der Waals surface area contributed by atoms with E-state index in [0.717, 1.165) is 22.6 Å². The molecule has 0 saturated carbocycles. The van der Waals surface area contributed by atoms with E-state index in [4.69, 9.17) is 9.47 Å². The number of rotatable bonds is 6. The first-order valence-corrected chi connectivity index (χ1v) is 7.48. The first-order valence-electron chi connectivity index (χ1n) is 7.48. The maximum absolute atomic E-state index is 12.0. The molecule has 1 aromatic heterocycles. The highest BCUT2D eigenvalue weighted by atomic mass is 16.6. The van der Waals surface area contributed by atoms with Gasteiger partial charge in [0, 0.05) is 18.4 Å². The van der Waals surface area contributed by atoms with Crippen molar-refractivity contribution in [2.75, 3.05) is 20.3 Å². The number of hydrogen-bond donors (Lipinski definition) is 0. The minimum Gasteiger partial charge on any atom is -0.459 e. The van der Waals surface area contributed by atoms with Gasteiger partial charge in [0.25, 0.3) is 0 Å². The summed E-state index contributed by atoms with van der Waals surface area (Å²) in [5, 5.41) is 13.7. The lowest BCUT2D eigenvalue weighted by Crippen LogP contribution is -2.11. The summed E-state index contributed by atoms with van der Waals surface area (Å²) in [6.07, 6.45) is 1.52. The molecule has 24 heavy (non-hydrogen) atoms. The fourth-order valence-electron chi connectivity index (χ4n) is 2.26. The molecular weight excluding hydrogens is 306 g/mol. The summed E-state index contributed by atoms with van der Waals surface area (Å²) in [5.41, 5.74) is 3.16. The lowest BCUT2D eigenvalue weighted by atomic mass is 10.1. The van der Waals surface area contributed by atoms with E-state index in [2.05, 4.69) is 5.10 Å². The zero-order valence-electron chi connectivity index (χ0n) is 13.9. The van der Waals surface area contributed by atoms with Crippen LogP contribution in [0, 0.1) is 25.2 Å². The average molecular weight is 325 g/mol. The van der Waals surface area contributed by atoms with Crippen molar-refractivity contribution in [2.24, 2.45) is 0 Å². The van der Waals surface area contributed by atoms with Crippen LogP contribution in [-0.4, -0.2) is 36.1 Å². The minimum atomic E-state index is -0.666. The smallest absolute Gasteiger partial charge is 0.348 e. The average Bonchev–Trinajstić information content (AvgIpc) is 2.88. The van der Waals surface area contributed by atoms with Crippen LogP contribution in [0.3, 0.4) is 0 Å². The van der Waals surface area contributed by atoms with Crippen LogP contribution in [0.5, 0.6) is 0 Å². The van der Waals surface area contributed by atoms with Gasteiger partial charge in [-0.1, -0.05) is 18.2 Å². The van der Waals surface area contributed by atoms with Gasteiger partial charge in [-0.2, -0.15) is 10.4 Å². The van der Waals surface area contributed by atoms with Gasteiger partial charge in [-0.3, -0.25) is 0 Å². The number of nitrogens with zero attached hydrogens (tertiary/aromatic N) is 3. The van der Waals surface area contributed by atoms with Crippen LogP contribution >= 0.6 is 0 Å². The third kappa shape index (κ3) is 3.89. The molecule has 1 heterocycles. The van der Waals surface area contributed by atoms with Crippen molar-refractivity contribution < 1.29 is 14.3 Å². The van der Waals surface area contributed by atoms with Crippen LogP contribution in [-0.2, 0) is 14.3 Å². The molecule has 6 heteroatoms. The highest BCUT2D eigenvalue weighted by Crippen LogP contribution is 2.20. The van der Waals surface area contributed by atoms with Crippen molar-refractivity contribution in [3.63, 3.8) is 0 Å². The van der Waals surface area contributed by atoms with E-state index in [9.17, 15) is 10.1 Å². The van der Waals surface area contributed by atoms with Gasteiger partial charge in [0.05, 0.1) is 18.0 Å². The molecule has 0 aliphatic rings. The topological polar surface area (TPSA) is 77.1 Å². The standard InChI is InChI=1S/C18H19N3O3/c1-13-17(11-15(12-19)18(22)24-10-9-23-3)14(2)21(20-13)16-7-5-4-6-8-16/h4-8,11H,9-10H2,1-3H3/b15-11+. The van der Waals surface area contributed by atoms with Crippen LogP contribution in [0.4, 0.5) is 0 Å². The molecule has 0 unspecified atom stereocenters. The predicted octanol–water partition coefficient (Wildman–Crippen LogP) is 2.59. The van der Waals surface area contributed by atoms with Crippen LogP contribution in [0.15, 0.2) is 35.9 Å². The maximum Gasteiger partial charge on any atom is 0.348 e. The fraction of sp³-hybridized carbons (Fsp3) is 0.278. The number of aromatic nitrogens is 2. The van der Waals surface area contributed by atoms with Crippen LogP contribution < -0.4 is 0 Å². The van der Waals surface area contributed by atoms with Gasteiger partial charge >= 0.3 is 5.97 Å². The number of para-hydroxylation sites is 1. The molecule has 0 aliphatic carbocycles. The Kier molecular flexibility index (Phi) is 5.88. The number of aryl methyl sites for hydroxylation is 1. The molecule has 0 amide bonds. The van der Waals surface area contributed by atoms with Crippen LogP contribution in [0.2, 0.25) is 0 Å². The quantitative estimate of drug-likeness (QED) is 0.353. The number of ether oxygens (including phenoxy) is 2. The molecule has 2 rings (SSSR count). The number of carbonyl (C=O) groups excluding carboxylic acids is 1. The van der Waals surface area contributed by atoms with Gasteiger partial charge in [-0.25, -0.2) is 9.48 Å². The monoisotopic (exact) mass is 325 g/mol. The Morgan fingerprint density at radius 3 is 2.62 bits per heavy atom.